The third-order valence-corrected chi connectivity index (χ3v) is 11.4. The van der Waals surface area contributed by atoms with Crippen LogP contribution in [0.2, 0.25) is 0 Å². The van der Waals surface area contributed by atoms with E-state index in [1.165, 1.54) is 36.1 Å². The van der Waals surface area contributed by atoms with Crippen molar-refractivity contribution in [3.8, 4) is 0 Å². The summed E-state index contributed by atoms with van der Waals surface area (Å²) in [5.74, 6) is 2.56. The molecule has 32 heavy (non-hydrogen) atoms. The van der Waals surface area contributed by atoms with Gasteiger partial charge in [-0.2, -0.15) is 0 Å². The lowest BCUT2D eigenvalue weighted by Crippen LogP contribution is -2.55. The highest BCUT2D eigenvalue weighted by molar-refractivity contribution is 5.53. The maximum Gasteiger partial charge on any atom is 0.148 e. The van der Waals surface area contributed by atoms with E-state index in [9.17, 15) is 10.2 Å². The van der Waals surface area contributed by atoms with Gasteiger partial charge in [0.2, 0.25) is 0 Å². The molecule has 3 aliphatic heterocycles. The topological polar surface area (TPSA) is 52.9 Å². The van der Waals surface area contributed by atoms with E-state index >= 15 is 0 Å². The van der Waals surface area contributed by atoms with Crippen molar-refractivity contribution in [2.75, 3.05) is 13.7 Å². The fourth-order valence-electron chi connectivity index (χ4n) is 9.91. The van der Waals surface area contributed by atoms with E-state index in [-0.39, 0.29) is 29.3 Å². The van der Waals surface area contributed by atoms with Crippen LogP contribution in [0.25, 0.3) is 0 Å². The van der Waals surface area contributed by atoms with Crippen molar-refractivity contribution in [1.82, 2.24) is 4.90 Å². The Bertz CT molecular complexity index is 962. The average molecular weight is 438 g/mol. The van der Waals surface area contributed by atoms with Gasteiger partial charge in [0.15, 0.2) is 0 Å². The molecule has 3 heterocycles. The van der Waals surface area contributed by atoms with Gasteiger partial charge in [0.25, 0.3) is 0 Å². The number of rotatable bonds is 1. The van der Waals surface area contributed by atoms with E-state index in [4.69, 9.17) is 4.74 Å². The van der Waals surface area contributed by atoms with Crippen LogP contribution < -0.4 is 0 Å². The van der Waals surface area contributed by atoms with Crippen molar-refractivity contribution in [3.05, 3.63) is 34.4 Å². The third-order valence-electron chi connectivity index (χ3n) is 11.4. The molecule has 3 aliphatic carbocycles. The van der Waals surface area contributed by atoms with Gasteiger partial charge >= 0.3 is 0 Å². The first-order chi connectivity index (χ1) is 15.4. The fraction of sp³-hybridized carbons (Fsp3) is 0.786. The minimum atomic E-state index is -0.299. The summed E-state index contributed by atoms with van der Waals surface area (Å²) in [7, 11) is 1.95. The number of aliphatic hydroxyl groups excluding tert-OH is 2. The lowest BCUT2D eigenvalue weighted by Gasteiger charge is -2.55. The maximum absolute atomic E-state index is 11.2. The Kier molecular flexibility index (Phi) is 4.21. The van der Waals surface area contributed by atoms with Gasteiger partial charge in [-0.05, 0) is 103 Å². The molecule has 10 atom stereocenters. The van der Waals surface area contributed by atoms with Crippen LogP contribution in [0.3, 0.4) is 0 Å². The number of aliphatic hydroxyl groups is 2. The molecule has 1 aromatic carbocycles. The van der Waals surface area contributed by atoms with Gasteiger partial charge in [-0.15, -0.1) is 0 Å². The molecule has 4 fully saturated rings. The molecule has 2 saturated heterocycles. The smallest absolute Gasteiger partial charge is 0.148 e. The van der Waals surface area contributed by atoms with Crippen molar-refractivity contribution in [2.45, 2.75) is 101 Å². The maximum atomic E-state index is 11.2. The monoisotopic (exact) mass is 437 g/mol. The molecule has 2 N–H and O–H groups in total. The van der Waals surface area contributed by atoms with E-state index in [1.54, 1.807) is 5.56 Å². The summed E-state index contributed by atoms with van der Waals surface area (Å²) in [6, 6.07) is 5.48. The zero-order chi connectivity index (χ0) is 22.0. The van der Waals surface area contributed by atoms with Crippen LogP contribution in [0.5, 0.6) is 0 Å². The second-order valence-electron chi connectivity index (χ2n) is 12.5. The second kappa shape index (κ2) is 6.59. The van der Waals surface area contributed by atoms with Crippen LogP contribution >= 0.6 is 0 Å². The summed E-state index contributed by atoms with van der Waals surface area (Å²) >= 11 is 0. The summed E-state index contributed by atoms with van der Waals surface area (Å²) in [4.78, 5) is 2.74. The van der Waals surface area contributed by atoms with Gasteiger partial charge in [-0.25, -0.2) is 0 Å². The Morgan fingerprint density at radius 3 is 2.69 bits per heavy atom. The molecule has 4 nitrogen and oxygen atoms in total. The normalized spacial score (nSPS) is 51.0. The molecular formula is C28H39NO3. The summed E-state index contributed by atoms with van der Waals surface area (Å²) < 4.78 is 6.55. The first-order valence-corrected chi connectivity index (χ1v) is 13.2. The van der Waals surface area contributed by atoms with Crippen molar-refractivity contribution < 1.29 is 14.9 Å². The fourth-order valence-corrected chi connectivity index (χ4v) is 9.91. The van der Waals surface area contributed by atoms with E-state index in [0.717, 1.165) is 44.4 Å². The van der Waals surface area contributed by atoms with Gasteiger partial charge in [0, 0.05) is 25.3 Å². The van der Waals surface area contributed by atoms with Crippen molar-refractivity contribution >= 4 is 0 Å². The minimum Gasteiger partial charge on any atom is -0.393 e. The first kappa shape index (κ1) is 20.4. The summed E-state index contributed by atoms with van der Waals surface area (Å²) in [5.41, 5.74) is 6.00. The Morgan fingerprint density at radius 2 is 1.88 bits per heavy atom. The molecule has 2 saturated carbocycles. The van der Waals surface area contributed by atoms with Crippen LogP contribution in [-0.2, 0) is 16.9 Å². The molecule has 0 amide bonds. The number of ether oxygens (including phenoxy) is 1. The molecule has 4 heteroatoms. The third kappa shape index (κ3) is 2.33. The van der Waals surface area contributed by atoms with Crippen LogP contribution in [-0.4, -0.2) is 47.0 Å². The molecule has 1 aromatic rings. The quantitative estimate of drug-likeness (QED) is 0.689. The van der Waals surface area contributed by atoms with Gasteiger partial charge in [0.05, 0.1) is 12.2 Å². The van der Waals surface area contributed by atoms with Gasteiger partial charge in [-0.1, -0.05) is 26.0 Å². The highest BCUT2D eigenvalue weighted by Gasteiger charge is 2.61. The summed E-state index contributed by atoms with van der Waals surface area (Å²) in [6.45, 7) is 6.06. The Hall–Kier alpha value is -0.940. The van der Waals surface area contributed by atoms with Crippen molar-refractivity contribution in [2.24, 2.45) is 23.2 Å². The lowest BCUT2D eigenvalue weighted by molar-refractivity contribution is -0.149. The standard InChI is InChI=1S/C28H39NO3/c1-15-18-5-6-19-20-12-25(31)23-10-17(30)8-9-27(23,2)22(20)11-21(19)26(18)28(32-3)13-16-4-7-24(15)29(28)14-16/h5-6,15-17,20,22-25,30-31H,4,7-14H2,1-3H3/t15-,16-,17+,20+,22?,23?,24?,25-,27-,28?/m1/s1. The summed E-state index contributed by atoms with van der Waals surface area (Å²) in [5, 5.41) is 21.6. The number of nitrogens with zero attached hydrogens (tertiary/aromatic N) is 1. The first-order valence-electron chi connectivity index (χ1n) is 13.2. The average Bonchev–Trinajstić information content (AvgIpc) is 3.32. The lowest BCUT2D eigenvalue weighted by atomic mass is 9.51. The van der Waals surface area contributed by atoms with Gasteiger partial charge in [0.1, 0.15) is 5.72 Å². The van der Waals surface area contributed by atoms with E-state index in [0.29, 0.717) is 23.8 Å². The zero-order valence-corrected chi connectivity index (χ0v) is 19.9. The number of fused-ring (bicyclic) bond motifs is 9. The van der Waals surface area contributed by atoms with Crippen molar-refractivity contribution in [3.63, 3.8) is 0 Å². The SMILES string of the molecule is COC12C[C@H]3CCC([C@H](C)c4ccc5c(c41)CC1[C@H]5C[C@@H](O)C4C[C@@H](O)CC[C@@]41C)N2C3. The highest BCUT2D eigenvalue weighted by Crippen LogP contribution is 2.65. The molecule has 4 unspecified atom stereocenters. The van der Waals surface area contributed by atoms with Crippen LogP contribution in [0.1, 0.15) is 92.9 Å². The molecule has 7 rings (SSSR count). The van der Waals surface area contributed by atoms with Gasteiger partial charge in [-0.3, -0.25) is 4.90 Å². The Balaban J connectivity index is 1.38. The molecular weight excluding hydrogens is 398 g/mol. The number of benzene rings is 1. The highest BCUT2D eigenvalue weighted by atomic mass is 16.5. The number of piperidine rings is 1. The number of hydrogen-bond acceptors (Lipinski definition) is 4. The molecule has 0 radical (unpaired) electrons. The van der Waals surface area contributed by atoms with Gasteiger partial charge < -0.3 is 14.9 Å². The summed E-state index contributed by atoms with van der Waals surface area (Å²) in [6.07, 6.45) is 7.91. The van der Waals surface area contributed by atoms with Crippen LogP contribution in [0.15, 0.2) is 12.1 Å². The minimum absolute atomic E-state index is 0.113. The molecule has 0 spiro atoms. The van der Waals surface area contributed by atoms with Crippen LogP contribution in [0.4, 0.5) is 0 Å². The largest absolute Gasteiger partial charge is 0.393 e. The van der Waals surface area contributed by atoms with E-state index in [2.05, 4.69) is 30.9 Å². The Morgan fingerprint density at radius 1 is 1.06 bits per heavy atom. The van der Waals surface area contributed by atoms with E-state index < -0.39 is 0 Å². The van der Waals surface area contributed by atoms with Crippen molar-refractivity contribution in [1.29, 1.82) is 0 Å². The molecule has 6 aliphatic rings. The number of hydrogen-bond donors (Lipinski definition) is 2. The second-order valence-corrected chi connectivity index (χ2v) is 12.5. The predicted molar refractivity (Wildman–Crippen MR) is 123 cm³/mol. The predicted octanol–water partition coefficient (Wildman–Crippen LogP) is 4.28. The van der Waals surface area contributed by atoms with Crippen LogP contribution in [0, 0.1) is 23.2 Å². The molecule has 0 aromatic heterocycles. The Labute approximate surface area is 192 Å². The number of methoxy groups -OCH3 is 1. The molecule has 2 bridgehead atoms. The van der Waals surface area contributed by atoms with E-state index in [1.807, 2.05) is 7.11 Å². The zero-order valence-electron chi connectivity index (χ0n) is 19.9. The molecule has 174 valence electrons.